The monoisotopic (exact) mass is 345 g/mol. The zero-order valence-electron chi connectivity index (χ0n) is 11.9. The molecule has 0 heterocycles. The van der Waals surface area contributed by atoms with E-state index in [4.69, 9.17) is 0 Å². The molecular formula is C18H20BrNO. The van der Waals surface area contributed by atoms with Crippen molar-refractivity contribution in [3.63, 3.8) is 0 Å². The normalized spacial score (nSPS) is 13.6. The van der Waals surface area contributed by atoms with Crippen LogP contribution >= 0.6 is 15.9 Å². The van der Waals surface area contributed by atoms with E-state index in [-0.39, 0.29) is 18.7 Å². The summed E-state index contributed by atoms with van der Waals surface area (Å²) < 4.78 is 1.06. The van der Waals surface area contributed by atoms with Gasteiger partial charge >= 0.3 is 0 Å². The van der Waals surface area contributed by atoms with Gasteiger partial charge in [0, 0.05) is 10.5 Å². The van der Waals surface area contributed by atoms with Crippen molar-refractivity contribution in [3.8, 4) is 0 Å². The lowest BCUT2D eigenvalue weighted by molar-refractivity contribution is 0.233. The Bertz CT molecular complexity index is 570. The maximum atomic E-state index is 9.71. The Balaban J connectivity index is 2.23. The van der Waals surface area contributed by atoms with Gasteiger partial charge in [0.25, 0.3) is 0 Å². The summed E-state index contributed by atoms with van der Waals surface area (Å²) in [5, 5.41) is 13.2. The van der Waals surface area contributed by atoms with E-state index in [1.165, 1.54) is 5.56 Å². The van der Waals surface area contributed by atoms with Crippen molar-refractivity contribution in [2.75, 3.05) is 6.61 Å². The molecule has 3 heteroatoms. The zero-order chi connectivity index (χ0) is 15.1. The molecule has 2 N–H and O–H groups in total. The number of benzene rings is 2. The predicted molar refractivity (Wildman–Crippen MR) is 91.1 cm³/mol. The van der Waals surface area contributed by atoms with Gasteiger partial charge in [-0.05, 0) is 23.6 Å². The van der Waals surface area contributed by atoms with Gasteiger partial charge in [0.1, 0.15) is 0 Å². The molecule has 2 aromatic rings. The molecule has 0 aliphatic heterocycles. The molecule has 0 aromatic heterocycles. The lowest BCUT2D eigenvalue weighted by atomic mass is 10.0. The van der Waals surface area contributed by atoms with Gasteiger partial charge in [0.15, 0.2) is 0 Å². The first-order valence-electron chi connectivity index (χ1n) is 7.03. The van der Waals surface area contributed by atoms with E-state index in [1.807, 2.05) is 54.6 Å². The van der Waals surface area contributed by atoms with Crippen LogP contribution in [-0.2, 0) is 0 Å². The van der Waals surface area contributed by atoms with E-state index >= 15 is 0 Å². The number of nitrogens with one attached hydrogen (secondary N) is 1. The Morgan fingerprint density at radius 1 is 1.05 bits per heavy atom. The Morgan fingerprint density at radius 3 is 2.33 bits per heavy atom. The van der Waals surface area contributed by atoms with Crippen molar-refractivity contribution >= 4 is 15.9 Å². The summed E-state index contributed by atoms with van der Waals surface area (Å²) in [6, 6.07) is 18.2. The van der Waals surface area contributed by atoms with E-state index in [0.717, 1.165) is 16.5 Å². The SMILES string of the molecule is C=CC[C@@H](N[C@@H](CO)c1ccccc1)c1ccccc1Br. The van der Waals surface area contributed by atoms with Crippen molar-refractivity contribution < 1.29 is 5.11 Å². The van der Waals surface area contributed by atoms with Crippen LogP contribution in [0.5, 0.6) is 0 Å². The third-order valence-corrected chi connectivity index (χ3v) is 4.19. The summed E-state index contributed by atoms with van der Waals surface area (Å²) in [6.07, 6.45) is 2.70. The highest BCUT2D eigenvalue weighted by Gasteiger charge is 2.18. The summed E-state index contributed by atoms with van der Waals surface area (Å²) in [7, 11) is 0. The van der Waals surface area contributed by atoms with Crippen molar-refractivity contribution in [3.05, 3.63) is 82.9 Å². The van der Waals surface area contributed by atoms with E-state index in [0.29, 0.717) is 0 Å². The average molecular weight is 346 g/mol. The minimum atomic E-state index is -0.0942. The first kappa shape index (κ1) is 16.0. The molecule has 0 saturated heterocycles. The van der Waals surface area contributed by atoms with Crippen LogP contribution in [-0.4, -0.2) is 11.7 Å². The number of halogens is 1. The highest BCUT2D eigenvalue weighted by molar-refractivity contribution is 9.10. The predicted octanol–water partition coefficient (Wildman–Crippen LogP) is 4.39. The van der Waals surface area contributed by atoms with Crippen LogP contribution in [0, 0.1) is 0 Å². The second kappa shape index (κ2) is 8.13. The Kier molecular flexibility index (Phi) is 6.18. The maximum Gasteiger partial charge on any atom is 0.0626 e. The van der Waals surface area contributed by atoms with Gasteiger partial charge in [-0.2, -0.15) is 0 Å². The first-order chi connectivity index (χ1) is 10.3. The largest absolute Gasteiger partial charge is 0.394 e. The highest BCUT2D eigenvalue weighted by Crippen LogP contribution is 2.28. The number of hydrogen-bond donors (Lipinski definition) is 2. The lowest BCUT2D eigenvalue weighted by Gasteiger charge is -2.25. The lowest BCUT2D eigenvalue weighted by Crippen LogP contribution is -2.29. The molecule has 0 fully saturated rings. The topological polar surface area (TPSA) is 32.3 Å². The molecule has 2 aromatic carbocycles. The summed E-state index contributed by atoms with van der Waals surface area (Å²) in [5.41, 5.74) is 2.26. The average Bonchev–Trinajstić information content (AvgIpc) is 2.53. The molecule has 2 nitrogen and oxygen atoms in total. The maximum absolute atomic E-state index is 9.71. The third kappa shape index (κ3) is 4.27. The van der Waals surface area contributed by atoms with Crippen molar-refractivity contribution in [2.24, 2.45) is 0 Å². The van der Waals surface area contributed by atoms with Crippen LogP contribution < -0.4 is 5.32 Å². The molecule has 0 aliphatic rings. The van der Waals surface area contributed by atoms with Gasteiger partial charge < -0.3 is 10.4 Å². The second-order valence-corrected chi connectivity index (χ2v) is 5.77. The van der Waals surface area contributed by atoms with E-state index in [1.54, 1.807) is 0 Å². The highest BCUT2D eigenvalue weighted by atomic mass is 79.9. The second-order valence-electron chi connectivity index (χ2n) is 4.91. The summed E-state index contributed by atoms with van der Waals surface area (Å²) in [5.74, 6) is 0. The quantitative estimate of drug-likeness (QED) is 0.729. The van der Waals surface area contributed by atoms with E-state index in [9.17, 15) is 5.11 Å². The van der Waals surface area contributed by atoms with E-state index < -0.39 is 0 Å². The molecular weight excluding hydrogens is 326 g/mol. The molecule has 0 unspecified atom stereocenters. The molecule has 0 aliphatic carbocycles. The number of rotatable bonds is 7. The van der Waals surface area contributed by atoms with Crippen LogP contribution in [0.15, 0.2) is 71.7 Å². The fraction of sp³-hybridized carbons (Fsp3) is 0.222. The standard InChI is InChI=1S/C18H20BrNO/c1-2-8-17(15-11-6-7-12-16(15)19)20-18(13-21)14-9-4-3-5-10-14/h2-7,9-12,17-18,20-21H,1,8,13H2/t17-,18+/m1/s1. The fourth-order valence-corrected chi connectivity index (χ4v) is 2.95. The van der Waals surface area contributed by atoms with Gasteiger partial charge in [-0.1, -0.05) is 70.5 Å². The van der Waals surface area contributed by atoms with Gasteiger partial charge in [0.2, 0.25) is 0 Å². The van der Waals surface area contributed by atoms with Gasteiger partial charge in [-0.25, -0.2) is 0 Å². The molecule has 0 spiro atoms. The van der Waals surface area contributed by atoms with E-state index in [2.05, 4.69) is 33.9 Å². The molecule has 2 rings (SSSR count). The van der Waals surface area contributed by atoms with Gasteiger partial charge in [-0.3, -0.25) is 0 Å². The minimum Gasteiger partial charge on any atom is -0.394 e. The Morgan fingerprint density at radius 2 is 1.71 bits per heavy atom. The number of aliphatic hydroxyl groups is 1. The molecule has 0 saturated carbocycles. The third-order valence-electron chi connectivity index (χ3n) is 3.47. The fourth-order valence-electron chi connectivity index (χ4n) is 2.39. The van der Waals surface area contributed by atoms with Gasteiger partial charge in [-0.15, -0.1) is 6.58 Å². The summed E-state index contributed by atoms with van der Waals surface area (Å²) >= 11 is 3.60. The van der Waals surface area contributed by atoms with Crippen LogP contribution in [0.25, 0.3) is 0 Å². The molecule has 21 heavy (non-hydrogen) atoms. The van der Waals surface area contributed by atoms with Crippen molar-refractivity contribution in [1.82, 2.24) is 5.32 Å². The van der Waals surface area contributed by atoms with Crippen LogP contribution in [0.4, 0.5) is 0 Å². The minimum absolute atomic E-state index is 0.0576. The van der Waals surface area contributed by atoms with Crippen LogP contribution in [0.1, 0.15) is 29.6 Å². The van der Waals surface area contributed by atoms with Crippen LogP contribution in [0.3, 0.4) is 0 Å². The zero-order valence-corrected chi connectivity index (χ0v) is 13.5. The van der Waals surface area contributed by atoms with Crippen LogP contribution in [0.2, 0.25) is 0 Å². The van der Waals surface area contributed by atoms with Crippen molar-refractivity contribution in [1.29, 1.82) is 0 Å². The smallest absolute Gasteiger partial charge is 0.0626 e. The number of hydrogen-bond acceptors (Lipinski definition) is 2. The first-order valence-corrected chi connectivity index (χ1v) is 7.82. The molecule has 0 radical (unpaired) electrons. The number of aliphatic hydroxyl groups excluding tert-OH is 1. The molecule has 0 bridgehead atoms. The summed E-state index contributed by atoms with van der Waals surface area (Å²) in [4.78, 5) is 0. The van der Waals surface area contributed by atoms with Gasteiger partial charge in [0.05, 0.1) is 12.6 Å². The Hall–Kier alpha value is -1.42. The summed E-state index contributed by atoms with van der Waals surface area (Å²) in [6.45, 7) is 3.90. The van der Waals surface area contributed by atoms with Crippen molar-refractivity contribution in [2.45, 2.75) is 18.5 Å². The molecule has 2 atom stereocenters. The Labute approximate surface area is 134 Å². The molecule has 0 amide bonds. The molecule has 110 valence electrons.